The Morgan fingerprint density at radius 2 is 0.710 bits per heavy atom. The molecule has 0 rings (SSSR count). The number of hydrogen-bond acceptors (Lipinski definition) is 6. The van der Waals surface area contributed by atoms with E-state index in [0.29, 0.717) is 23.9 Å². The second-order valence-corrected chi connectivity index (χ2v) is 24.2. The van der Waals surface area contributed by atoms with Crippen molar-refractivity contribution >= 4 is 13.7 Å². The predicted octanol–water partition coefficient (Wildman–Crippen LogP) is 18.2. The first-order valence-corrected chi connectivity index (χ1v) is 32.3. The first-order chi connectivity index (χ1) is 33.5. The summed E-state index contributed by atoms with van der Waals surface area (Å²) in [6.45, 7) is 4.78. The van der Waals surface area contributed by atoms with Crippen molar-refractivity contribution < 1.29 is 32.9 Å². The van der Waals surface area contributed by atoms with E-state index in [4.69, 9.17) is 9.05 Å². The summed E-state index contributed by atoms with van der Waals surface area (Å²) in [6, 6.07) is -0.795. The predicted molar refractivity (Wildman–Crippen MR) is 298 cm³/mol. The van der Waals surface area contributed by atoms with Gasteiger partial charge >= 0.3 is 0 Å². The highest BCUT2D eigenvalue weighted by Crippen LogP contribution is 2.38. The maximum absolute atomic E-state index is 13.0. The summed E-state index contributed by atoms with van der Waals surface area (Å²) in [6.07, 6.45) is 63.0. The van der Waals surface area contributed by atoms with Crippen molar-refractivity contribution in [3.63, 3.8) is 0 Å². The third kappa shape index (κ3) is 55.1. The van der Waals surface area contributed by atoms with Crippen LogP contribution in [0.3, 0.4) is 0 Å². The summed E-state index contributed by atoms with van der Waals surface area (Å²) in [4.78, 5) is 25.5. The van der Waals surface area contributed by atoms with Gasteiger partial charge in [-0.2, -0.15) is 0 Å². The van der Waals surface area contributed by atoms with Crippen LogP contribution in [0.1, 0.15) is 328 Å². The zero-order chi connectivity index (χ0) is 50.6. The van der Waals surface area contributed by atoms with Crippen molar-refractivity contribution in [3.8, 4) is 0 Å². The van der Waals surface area contributed by atoms with Crippen LogP contribution >= 0.6 is 7.82 Å². The summed E-state index contributed by atoms with van der Waals surface area (Å²) < 4.78 is 23.4. The SMILES string of the molecule is CCCCCCCCCCCCCCCCCCCCCCCCCCCCCCCCCCC(=O)N[C@@H](COP(=O)([O-])OCC[N+](C)(C)C)[C@H](O)CCCCCCCCCCCCCCCCC. The quantitative estimate of drug-likeness (QED) is 0.0357. The van der Waals surface area contributed by atoms with E-state index < -0.39 is 20.0 Å². The molecule has 0 fully saturated rings. The maximum atomic E-state index is 13.0. The van der Waals surface area contributed by atoms with Crippen molar-refractivity contribution in [2.24, 2.45) is 0 Å². The van der Waals surface area contributed by atoms with Gasteiger partial charge in [0, 0.05) is 6.42 Å². The van der Waals surface area contributed by atoms with Gasteiger partial charge in [-0.15, -0.1) is 0 Å². The van der Waals surface area contributed by atoms with E-state index in [9.17, 15) is 19.4 Å². The van der Waals surface area contributed by atoms with Crippen molar-refractivity contribution in [2.75, 3.05) is 40.9 Å². The minimum Gasteiger partial charge on any atom is -0.756 e. The number of carbonyl (C=O) groups is 1. The highest BCUT2D eigenvalue weighted by molar-refractivity contribution is 7.45. The first-order valence-electron chi connectivity index (χ1n) is 30.9. The maximum Gasteiger partial charge on any atom is 0.268 e. The molecule has 0 heterocycles. The van der Waals surface area contributed by atoms with Gasteiger partial charge in [0.05, 0.1) is 39.9 Å². The molecule has 1 amide bonds. The Morgan fingerprint density at radius 3 is 0.986 bits per heavy atom. The van der Waals surface area contributed by atoms with Crippen molar-refractivity contribution in [1.29, 1.82) is 0 Å². The molecule has 3 atom stereocenters. The van der Waals surface area contributed by atoms with E-state index in [1.165, 1.54) is 263 Å². The molecule has 0 bridgehead atoms. The van der Waals surface area contributed by atoms with Crippen LogP contribution < -0.4 is 10.2 Å². The number of aliphatic hydroxyl groups is 1. The van der Waals surface area contributed by atoms with Gasteiger partial charge < -0.3 is 28.8 Å². The van der Waals surface area contributed by atoms with E-state index in [-0.39, 0.29) is 19.1 Å². The standard InChI is InChI=1S/C60H123N2O6P/c1-6-8-10-12-14-16-18-20-22-23-24-25-26-27-28-29-30-31-32-33-34-35-36-37-38-40-42-44-46-48-50-52-54-60(64)61-58(57-68-69(65,66)67-56-55-62(3,4)5)59(63)53-51-49-47-45-43-41-39-21-19-17-15-13-11-9-7-2/h58-59,63H,6-57H2,1-5H3,(H-,61,64,65,66)/t58-,59+/m0/s1. The minimum absolute atomic E-state index is 0.0166. The Hall–Kier alpha value is -0.500. The molecule has 0 radical (unpaired) electrons. The second-order valence-electron chi connectivity index (χ2n) is 22.8. The van der Waals surface area contributed by atoms with Crippen LogP contribution in [-0.2, 0) is 18.4 Å². The van der Waals surface area contributed by atoms with Crippen LogP contribution in [0.25, 0.3) is 0 Å². The number of likely N-dealkylation sites (N-methyl/N-ethyl adjacent to an activating group) is 1. The lowest BCUT2D eigenvalue weighted by atomic mass is 10.0. The highest BCUT2D eigenvalue weighted by Gasteiger charge is 2.24. The Labute approximate surface area is 431 Å². The Morgan fingerprint density at radius 1 is 0.449 bits per heavy atom. The van der Waals surface area contributed by atoms with Gasteiger partial charge in [-0.05, 0) is 12.8 Å². The average Bonchev–Trinajstić information content (AvgIpc) is 3.31. The number of rotatable bonds is 58. The Kier molecular flexibility index (Phi) is 52.0. The van der Waals surface area contributed by atoms with Gasteiger partial charge in [0.2, 0.25) is 5.91 Å². The van der Waals surface area contributed by atoms with Crippen LogP contribution in [0, 0.1) is 0 Å². The third-order valence-electron chi connectivity index (χ3n) is 14.6. The van der Waals surface area contributed by atoms with Crippen molar-refractivity contribution in [1.82, 2.24) is 5.32 Å². The Balaban J connectivity index is 3.95. The molecule has 8 nitrogen and oxygen atoms in total. The van der Waals surface area contributed by atoms with E-state index in [1.54, 1.807) is 0 Å². The molecule has 1 unspecified atom stereocenters. The van der Waals surface area contributed by atoms with Gasteiger partial charge in [0.1, 0.15) is 13.2 Å². The van der Waals surface area contributed by atoms with Crippen LogP contribution in [0.5, 0.6) is 0 Å². The molecule has 0 aliphatic carbocycles. The molecule has 0 aromatic carbocycles. The third-order valence-corrected chi connectivity index (χ3v) is 15.6. The second kappa shape index (κ2) is 52.4. The molecular weight excluding hydrogens is 876 g/mol. The number of quaternary nitrogens is 1. The van der Waals surface area contributed by atoms with Crippen LogP contribution in [0.15, 0.2) is 0 Å². The van der Waals surface area contributed by atoms with Gasteiger partial charge in [0.25, 0.3) is 7.82 Å². The number of amides is 1. The molecule has 9 heteroatoms. The summed E-state index contributed by atoms with van der Waals surface area (Å²) in [5.74, 6) is -0.156. The topological polar surface area (TPSA) is 108 Å². The van der Waals surface area contributed by atoms with E-state index in [1.807, 2.05) is 21.1 Å². The van der Waals surface area contributed by atoms with Crippen LogP contribution in [0.2, 0.25) is 0 Å². The number of nitrogens with one attached hydrogen (secondary N) is 1. The number of aliphatic hydroxyl groups excluding tert-OH is 1. The molecule has 0 aromatic rings. The number of hydrogen-bond donors (Lipinski definition) is 2. The van der Waals surface area contributed by atoms with Gasteiger partial charge in [-0.1, -0.05) is 309 Å². The fraction of sp³-hybridized carbons (Fsp3) is 0.983. The average molecular weight is 1000 g/mol. The lowest BCUT2D eigenvalue weighted by Crippen LogP contribution is -2.46. The van der Waals surface area contributed by atoms with Gasteiger partial charge in [0.15, 0.2) is 0 Å². The van der Waals surface area contributed by atoms with Crippen molar-refractivity contribution in [2.45, 2.75) is 341 Å². The summed E-state index contributed by atoms with van der Waals surface area (Å²) in [7, 11) is 1.33. The lowest BCUT2D eigenvalue weighted by molar-refractivity contribution is -0.870. The molecule has 2 N–H and O–H groups in total. The molecule has 414 valence electrons. The molecular formula is C60H123N2O6P. The molecule has 0 aromatic heterocycles. The normalized spacial score (nSPS) is 13.8. The largest absolute Gasteiger partial charge is 0.756 e. The fourth-order valence-electron chi connectivity index (χ4n) is 9.75. The number of nitrogens with zero attached hydrogens (tertiary/aromatic N) is 1. The van der Waals surface area contributed by atoms with Gasteiger partial charge in [-0.3, -0.25) is 9.36 Å². The Bertz CT molecular complexity index is 1090. The van der Waals surface area contributed by atoms with E-state index in [2.05, 4.69) is 19.2 Å². The van der Waals surface area contributed by atoms with E-state index in [0.717, 1.165) is 38.5 Å². The fourth-order valence-corrected chi connectivity index (χ4v) is 10.5. The number of phosphoric ester groups is 1. The smallest absolute Gasteiger partial charge is 0.268 e. The number of phosphoric acid groups is 1. The van der Waals surface area contributed by atoms with E-state index >= 15 is 0 Å². The zero-order valence-electron chi connectivity index (χ0n) is 47.3. The number of carbonyl (C=O) groups excluding carboxylic acids is 1. The molecule has 0 aliphatic heterocycles. The molecule has 0 spiro atoms. The van der Waals surface area contributed by atoms with Crippen LogP contribution in [-0.4, -0.2) is 68.5 Å². The van der Waals surface area contributed by atoms with Crippen LogP contribution in [0.4, 0.5) is 0 Å². The lowest BCUT2D eigenvalue weighted by Gasteiger charge is -2.30. The molecule has 69 heavy (non-hydrogen) atoms. The minimum atomic E-state index is -4.57. The molecule has 0 saturated carbocycles. The number of unbranched alkanes of at least 4 members (excludes halogenated alkanes) is 45. The highest BCUT2D eigenvalue weighted by atomic mass is 31.2. The zero-order valence-corrected chi connectivity index (χ0v) is 48.2. The molecule has 0 saturated heterocycles. The summed E-state index contributed by atoms with van der Waals surface area (Å²) in [5, 5.41) is 14.0. The molecule has 0 aliphatic rings. The van der Waals surface area contributed by atoms with Crippen molar-refractivity contribution in [3.05, 3.63) is 0 Å². The monoisotopic (exact) mass is 999 g/mol. The first kappa shape index (κ1) is 68.5. The summed E-state index contributed by atoms with van der Waals surface area (Å²) in [5.41, 5.74) is 0. The van der Waals surface area contributed by atoms with Gasteiger partial charge in [-0.25, -0.2) is 0 Å². The summed E-state index contributed by atoms with van der Waals surface area (Å²) >= 11 is 0.